The normalized spacial score (nSPS) is 12.0. The van der Waals surface area contributed by atoms with Crippen LogP contribution in [0.4, 0.5) is 24.0 Å². The van der Waals surface area contributed by atoms with Crippen molar-refractivity contribution in [3.05, 3.63) is 29.6 Å². The van der Waals surface area contributed by atoms with Crippen molar-refractivity contribution in [3.8, 4) is 0 Å². The molecule has 0 unspecified atom stereocenters. The number of nitrogens with one attached hydrogen (secondary N) is 2. The van der Waals surface area contributed by atoms with Crippen molar-refractivity contribution in [1.82, 2.24) is 10.2 Å². The van der Waals surface area contributed by atoms with Gasteiger partial charge in [-0.1, -0.05) is 23.1 Å². The SMILES string of the molecule is CNc1nnc(S[C@@H](C)C(=O)Nc2ccc(F)c(F)c2F)s1. The maximum Gasteiger partial charge on any atom is 0.237 e. The van der Waals surface area contributed by atoms with Gasteiger partial charge in [0.2, 0.25) is 11.0 Å². The van der Waals surface area contributed by atoms with E-state index in [1.165, 1.54) is 11.3 Å². The van der Waals surface area contributed by atoms with Crippen LogP contribution in [0, 0.1) is 17.5 Å². The lowest BCUT2D eigenvalue weighted by Crippen LogP contribution is -2.23. The Labute approximate surface area is 132 Å². The Kier molecular flexibility index (Phi) is 5.24. The van der Waals surface area contributed by atoms with Gasteiger partial charge in [-0.05, 0) is 19.1 Å². The van der Waals surface area contributed by atoms with Crippen LogP contribution in [0.5, 0.6) is 0 Å². The van der Waals surface area contributed by atoms with Crippen LogP contribution in [0.2, 0.25) is 0 Å². The molecule has 0 fully saturated rings. The van der Waals surface area contributed by atoms with Crippen molar-refractivity contribution in [2.45, 2.75) is 16.5 Å². The summed E-state index contributed by atoms with van der Waals surface area (Å²) in [7, 11) is 1.69. The number of aromatic nitrogens is 2. The van der Waals surface area contributed by atoms with Crippen LogP contribution >= 0.6 is 23.1 Å². The van der Waals surface area contributed by atoms with E-state index in [9.17, 15) is 18.0 Å². The number of nitrogens with zero attached hydrogens (tertiary/aromatic N) is 2. The van der Waals surface area contributed by atoms with Gasteiger partial charge in [0.05, 0.1) is 10.9 Å². The van der Waals surface area contributed by atoms with E-state index in [1.54, 1.807) is 14.0 Å². The fourth-order valence-electron chi connectivity index (χ4n) is 1.42. The zero-order chi connectivity index (χ0) is 16.3. The summed E-state index contributed by atoms with van der Waals surface area (Å²) in [6.45, 7) is 1.58. The summed E-state index contributed by atoms with van der Waals surface area (Å²) in [5.41, 5.74) is -0.412. The maximum absolute atomic E-state index is 13.5. The van der Waals surface area contributed by atoms with Crippen molar-refractivity contribution in [2.24, 2.45) is 0 Å². The summed E-state index contributed by atoms with van der Waals surface area (Å²) in [5, 5.41) is 12.7. The molecule has 0 aliphatic heterocycles. The first-order valence-corrected chi connectivity index (χ1v) is 7.74. The summed E-state index contributed by atoms with van der Waals surface area (Å²) in [4.78, 5) is 12.0. The lowest BCUT2D eigenvalue weighted by molar-refractivity contribution is -0.115. The molecule has 0 bridgehead atoms. The first-order valence-electron chi connectivity index (χ1n) is 6.04. The van der Waals surface area contributed by atoms with Crippen molar-refractivity contribution in [2.75, 3.05) is 17.7 Å². The van der Waals surface area contributed by atoms with Crippen LogP contribution in [-0.4, -0.2) is 28.4 Å². The van der Waals surface area contributed by atoms with Gasteiger partial charge < -0.3 is 10.6 Å². The number of rotatable bonds is 5. The predicted octanol–water partition coefficient (Wildman–Crippen LogP) is 3.12. The van der Waals surface area contributed by atoms with Gasteiger partial charge in [-0.25, -0.2) is 13.2 Å². The smallest absolute Gasteiger partial charge is 0.237 e. The molecule has 0 saturated carbocycles. The third-order valence-corrected chi connectivity index (χ3v) is 4.69. The minimum absolute atomic E-state index is 0.412. The fourth-order valence-corrected chi connectivity index (χ4v) is 3.27. The number of hydrogen-bond acceptors (Lipinski definition) is 6. The van der Waals surface area contributed by atoms with E-state index in [0.29, 0.717) is 9.47 Å². The Morgan fingerprint density at radius 2 is 2.00 bits per heavy atom. The van der Waals surface area contributed by atoms with E-state index >= 15 is 0 Å². The Morgan fingerprint density at radius 3 is 2.64 bits per heavy atom. The number of thioether (sulfide) groups is 1. The third-order valence-electron chi connectivity index (χ3n) is 2.56. The van der Waals surface area contributed by atoms with E-state index < -0.39 is 34.3 Å². The fraction of sp³-hybridized carbons (Fsp3) is 0.250. The topological polar surface area (TPSA) is 66.9 Å². The average Bonchev–Trinajstić information content (AvgIpc) is 2.95. The standard InChI is InChI=1S/C12H11F3N4OS2/c1-5(21-12-19-18-11(16-2)22-12)10(20)17-7-4-3-6(13)8(14)9(7)15/h3-5H,1-2H3,(H,16,18)(H,17,20)/t5-/m0/s1. The summed E-state index contributed by atoms with van der Waals surface area (Å²) in [6, 6.07) is 1.71. The zero-order valence-corrected chi connectivity index (χ0v) is 13.1. The first-order chi connectivity index (χ1) is 10.4. The molecule has 22 heavy (non-hydrogen) atoms. The minimum Gasteiger partial charge on any atom is -0.363 e. The van der Waals surface area contributed by atoms with Crippen LogP contribution in [0.3, 0.4) is 0 Å². The first kappa shape index (κ1) is 16.6. The predicted molar refractivity (Wildman–Crippen MR) is 79.7 cm³/mol. The van der Waals surface area contributed by atoms with E-state index in [4.69, 9.17) is 0 Å². The molecule has 10 heteroatoms. The van der Waals surface area contributed by atoms with Crippen LogP contribution in [-0.2, 0) is 4.79 Å². The number of carbonyl (C=O) groups is 1. The highest BCUT2D eigenvalue weighted by molar-refractivity contribution is 8.02. The van der Waals surface area contributed by atoms with Gasteiger partial charge in [-0.2, -0.15) is 0 Å². The van der Waals surface area contributed by atoms with E-state index in [-0.39, 0.29) is 0 Å². The zero-order valence-electron chi connectivity index (χ0n) is 11.5. The molecule has 5 nitrogen and oxygen atoms in total. The Hall–Kier alpha value is -1.81. The molecule has 118 valence electrons. The molecule has 2 N–H and O–H groups in total. The Balaban J connectivity index is 2.04. The largest absolute Gasteiger partial charge is 0.363 e. The molecule has 0 aliphatic carbocycles. The third kappa shape index (κ3) is 3.69. The molecule has 0 radical (unpaired) electrons. The van der Waals surface area contributed by atoms with Crippen molar-refractivity contribution in [3.63, 3.8) is 0 Å². The highest BCUT2D eigenvalue weighted by Gasteiger charge is 2.20. The highest BCUT2D eigenvalue weighted by atomic mass is 32.2. The average molecular weight is 348 g/mol. The number of halogens is 3. The van der Waals surface area contributed by atoms with Gasteiger partial charge in [0.1, 0.15) is 0 Å². The van der Waals surface area contributed by atoms with E-state index in [0.717, 1.165) is 23.9 Å². The second-order valence-electron chi connectivity index (χ2n) is 4.10. The van der Waals surface area contributed by atoms with Crippen LogP contribution < -0.4 is 10.6 Å². The molecule has 1 aromatic heterocycles. The van der Waals surface area contributed by atoms with Crippen molar-refractivity contribution in [1.29, 1.82) is 0 Å². The number of carbonyl (C=O) groups excluding carboxylic acids is 1. The lowest BCUT2D eigenvalue weighted by atomic mass is 10.2. The summed E-state index contributed by atoms with van der Waals surface area (Å²) in [6.07, 6.45) is 0. The monoisotopic (exact) mass is 348 g/mol. The van der Waals surface area contributed by atoms with Crippen LogP contribution in [0.15, 0.2) is 16.5 Å². The van der Waals surface area contributed by atoms with Gasteiger partial charge in [0.25, 0.3) is 0 Å². The minimum atomic E-state index is -1.62. The molecule has 1 amide bonds. The van der Waals surface area contributed by atoms with Crippen molar-refractivity contribution >= 4 is 39.8 Å². The molecule has 1 aromatic carbocycles. The molecule has 2 rings (SSSR count). The summed E-state index contributed by atoms with van der Waals surface area (Å²) in [5.74, 6) is -4.93. The lowest BCUT2D eigenvalue weighted by Gasteiger charge is -2.11. The van der Waals surface area contributed by atoms with Gasteiger partial charge in [-0.15, -0.1) is 10.2 Å². The second-order valence-corrected chi connectivity index (χ2v) is 6.66. The molecule has 1 atom stereocenters. The molecule has 0 spiro atoms. The van der Waals surface area contributed by atoms with Crippen LogP contribution in [0.25, 0.3) is 0 Å². The molecular formula is C12H11F3N4OS2. The van der Waals surface area contributed by atoms with Gasteiger partial charge in [-0.3, -0.25) is 4.79 Å². The summed E-state index contributed by atoms with van der Waals surface area (Å²) < 4.78 is 40.0. The number of hydrogen-bond donors (Lipinski definition) is 2. The van der Waals surface area contributed by atoms with E-state index in [1.807, 2.05) is 0 Å². The molecule has 1 heterocycles. The van der Waals surface area contributed by atoms with Crippen LogP contribution in [0.1, 0.15) is 6.92 Å². The Morgan fingerprint density at radius 1 is 1.27 bits per heavy atom. The molecular weight excluding hydrogens is 337 g/mol. The molecule has 0 saturated heterocycles. The Bertz CT molecular complexity index is 695. The highest BCUT2D eigenvalue weighted by Crippen LogP contribution is 2.29. The number of anilines is 2. The van der Waals surface area contributed by atoms with Gasteiger partial charge in [0, 0.05) is 7.05 Å². The van der Waals surface area contributed by atoms with Crippen molar-refractivity contribution < 1.29 is 18.0 Å². The second kappa shape index (κ2) is 6.97. The number of benzene rings is 1. The van der Waals surface area contributed by atoms with Gasteiger partial charge >= 0.3 is 0 Å². The van der Waals surface area contributed by atoms with Gasteiger partial charge in [0.15, 0.2) is 21.8 Å². The quantitative estimate of drug-likeness (QED) is 0.642. The summed E-state index contributed by atoms with van der Waals surface area (Å²) >= 11 is 2.38. The number of amides is 1. The maximum atomic E-state index is 13.5. The van der Waals surface area contributed by atoms with E-state index in [2.05, 4.69) is 20.8 Å². The molecule has 2 aromatic rings. The molecule has 0 aliphatic rings.